The van der Waals surface area contributed by atoms with Crippen molar-refractivity contribution in [3.8, 4) is 0 Å². The summed E-state index contributed by atoms with van der Waals surface area (Å²) in [5.74, 6) is 0.157. The Labute approximate surface area is 110 Å². The standard InChI is InChI=1S/C12H24N2O3S/c1-4-5-12(2,3)14-11(15)8-10-9-18(16,17)7-6-13-10/h10,13H,4-9H2,1-3H3,(H,14,15). The first-order valence-electron chi connectivity index (χ1n) is 6.49. The predicted molar refractivity (Wildman–Crippen MR) is 72.2 cm³/mol. The molecule has 1 heterocycles. The first-order chi connectivity index (χ1) is 8.24. The Balaban J connectivity index is 2.45. The molecule has 0 spiro atoms. The highest BCUT2D eigenvalue weighted by Crippen LogP contribution is 2.12. The summed E-state index contributed by atoms with van der Waals surface area (Å²) in [4.78, 5) is 11.9. The Bertz CT molecular complexity index is 390. The van der Waals surface area contributed by atoms with E-state index in [1.165, 1.54) is 0 Å². The number of nitrogens with one attached hydrogen (secondary N) is 2. The molecule has 0 aromatic carbocycles. The topological polar surface area (TPSA) is 75.3 Å². The molecule has 0 aromatic rings. The zero-order chi connectivity index (χ0) is 13.8. The van der Waals surface area contributed by atoms with Gasteiger partial charge in [-0.25, -0.2) is 8.42 Å². The molecule has 2 N–H and O–H groups in total. The summed E-state index contributed by atoms with van der Waals surface area (Å²) >= 11 is 0. The molecule has 18 heavy (non-hydrogen) atoms. The van der Waals surface area contributed by atoms with E-state index >= 15 is 0 Å². The van der Waals surface area contributed by atoms with Crippen molar-refractivity contribution < 1.29 is 13.2 Å². The summed E-state index contributed by atoms with van der Waals surface area (Å²) in [6.45, 7) is 6.49. The first kappa shape index (κ1) is 15.4. The monoisotopic (exact) mass is 276 g/mol. The van der Waals surface area contributed by atoms with Gasteiger partial charge < -0.3 is 10.6 Å². The second-order valence-electron chi connectivity index (χ2n) is 5.65. The normalized spacial score (nSPS) is 23.6. The van der Waals surface area contributed by atoms with Crippen LogP contribution in [0.5, 0.6) is 0 Å². The zero-order valence-corrected chi connectivity index (χ0v) is 12.3. The molecule has 0 aliphatic carbocycles. The molecule has 1 aliphatic rings. The lowest BCUT2D eigenvalue weighted by Gasteiger charge is -2.28. The summed E-state index contributed by atoms with van der Waals surface area (Å²) in [6, 6.07) is -0.249. The van der Waals surface area contributed by atoms with Crippen LogP contribution in [-0.2, 0) is 14.6 Å². The number of carbonyl (C=O) groups excluding carboxylic acids is 1. The number of amides is 1. The quantitative estimate of drug-likeness (QED) is 0.765. The van der Waals surface area contributed by atoms with Crippen molar-refractivity contribution >= 4 is 15.7 Å². The van der Waals surface area contributed by atoms with Crippen LogP contribution in [0.1, 0.15) is 40.0 Å². The Hall–Kier alpha value is -0.620. The van der Waals surface area contributed by atoms with E-state index in [2.05, 4.69) is 17.6 Å². The third kappa shape index (κ3) is 5.35. The molecule has 1 unspecified atom stereocenters. The van der Waals surface area contributed by atoms with Crippen molar-refractivity contribution in [2.24, 2.45) is 0 Å². The van der Waals surface area contributed by atoms with Crippen LogP contribution in [0.25, 0.3) is 0 Å². The molecule has 1 fully saturated rings. The van der Waals surface area contributed by atoms with Gasteiger partial charge in [0.05, 0.1) is 11.5 Å². The summed E-state index contributed by atoms with van der Waals surface area (Å²) < 4.78 is 22.9. The summed E-state index contributed by atoms with van der Waals surface area (Å²) in [7, 11) is -2.97. The highest BCUT2D eigenvalue weighted by Gasteiger charge is 2.27. The van der Waals surface area contributed by atoms with E-state index in [1.54, 1.807) is 0 Å². The van der Waals surface area contributed by atoms with E-state index in [4.69, 9.17) is 0 Å². The van der Waals surface area contributed by atoms with Gasteiger partial charge in [0.2, 0.25) is 5.91 Å². The van der Waals surface area contributed by atoms with Crippen LogP contribution in [-0.4, -0.2) is 44.0 Å². The smallest absolute Gasteiger partial charge is 0.222 e. The number of hydrogen-bond acceptors (Lipinski definition) is 4. The molecule has 1 rings (SSSR count). The lowest BCUT2D eigenvalue weighted by molar-refractivity contribution is -0.123. The van der Waals surface area contributed by atoms with Crippen molar-refractivity contribution in [1.82, 2.24) is 10.6 Å². The van der Waals surface area contributed by atoms with Gasteiger partial charge in [-0.05, 0) is 20.3 Å². The van der Waals surface area contributed by atoms with Gasteiger partial charge in [0.1, 0.15) is 0 Å². The first-order valence-corrected chi connectivity index (χ1v) is 8.31. The molecular weight excluding hydrogens is 252 g/mol. The third-order valence-corrected chi connectivity index (χ3v) is 4.82. The number of hydrogen-bond donors (Lipinski definition) is 2. The minimum absolute atomic E-state index is 0.0641. The Morgan fingerprint density at radius 1 is 1.44 bits per heavy atom. The summed E-state index contributed by atoms with van der Waals surface area (Å²) in [5.41, 5.74) is -0.223. The highest BCUT2D eigenvalue weighted by atomic mass is 32.2. The minimum Gasteiger partial charge on any atom is -0.351 e. The van der Waals surface area contributed by atoms with Crippen LogP contribution in [0.15, 0.2) is 0 Å². The van der Waals surface area contributed by atoms with E-state index in [0.29, 0.717) is 6.54 Å². The molecule has 106 valence electrons. The van der Waals surface area contributed by atoms with Gasteiger partial charge in [-0.1, -0.05) is 13.3 Å². The van der Waals surface area contributed by atoms with E-state index in [-0.39, 0.29) is 35.4 Å². The molecule has 0 radical (unpaired) electrons. The fourth-order valence-electron chi connectivity index (χ4n) is 2.34. The number of sulfone groups is 1. The Morgan fingerprint density at radius 2 is 2.11 bits per heavy atom. The number of carbonyl (C=O) groups is 1. The van der Waals surface area contributed by atoms with Gasteiger partial charge >= 0.3 is 0 Å². The second kappa shape index (κ2) is 6.02. The summed E-state index contributed by atoms with van der Waals surface area (Å²) in [6.07, 6.45) is 2.14. The zero-order valence-electron chi connectivity index (χ0n) is 11.5. The summed E-state index contributed by atoms with van der Waals surface area (Å²) in [5, 5.41) is 6.04. The molecule has 6 heteroatoms. The molecular formula is C12H24N2O3S. The van der Waals surface area contributed by atoms with Gasteiger partial charge in [-0.2, -0.15) is 0 Å². The van der Waals surface area contributed by atoms with E-state index in [0.717, 1.165) is 12.8 Å². The number of rotatable bonds is 5. The molecule has 0 bridgehead atoms. The molecule has 0 aromatic heterocycles. The lowest BCUT2D eigenvalue weighted by atomic mass is 9.98. The van der Waals surface area contributed by atoms with E-state index in [1.807, 2.05) is 13.8 Å². The van der Waals surface area contributed by atoms with Gasteiger partial charge in [-0.3, -0.25) is 4.79 Å². The predicted octanol–water partition coefficient (Wildman–Crippen LogP) is 0.458. The molecule has 1 aliphatic heterocycles. The van der Waals surface area contributed by atoms with E-state index < -0.39 is 9.84 Å². The van der Waals surface area contributed by atoms with Crippen molar-refractivity contribution in [3.63, 3.8) is 0 Å². The van der Waals surface area contributed by atoms with Crippen LogP contribution in [0.3, 0.4) is 0 Å². The van der Waals surface area contributed by atoms with Gasteiger partial charge in [0, 0.05) is 24.5 Å². The lowest BCUT2D eigenvalue weighted by Crippen LogP contribution is -2.50. The largest absolute Gasteiger partial charge is 0.351 e. The fraction of sp³-hybridized carbons (Fsp3) is 0.917. The van der Waals surface area contributed by atoms with Crippen molar-refractivity contribution in [1.29, 1.82) is 0 Å². The van der Waals surface area contributed by atoms with E-state index in [9.17, 15) is 13.2 Å². The Kier molecular flexibility index (Phi) is 5.16. The maximum atomic E-state index is 11.9. The minimum atomic E-state index is -2.97. The third-order valence-electron chi connectivity index (χ3n) is 3.09. The maximum Gasteiger partial charge on any atom is 0.222 e. The molecule has 0 saturated carbocycles. The van der Waals surface area contributed by atoms with Crippen molar-refractivity contribution in [2.45, 2.75) is 51.6 Å². The van der Waals surface area contributed by atoms with Crippen LogP contribution in [0.4, 0.5) is 0 Å². The van der Waals surface area contributed by atoms with Crippen molar-refractivity contribution in [3.05, 3.63) is 0 Å². The van der Waals surface area contributed by atoms with Crippen LogP contribution < -0.4 is 10.6 Å². The highest BCUT2D eigenvalue weighted by molar-refractivity contribution is 7.91. The average Bonchev–Trinajstić information content (AvgIpc) is 2.13. The molecule has 1 saturated heterocycles. The van der Waals surface area contributed by atoms with Gasteiger partial charge in [0.15, 0.2) is 9.84 Å². The van der Waals surface area contributed by atoms with Crippen LogP contribution in [0, 0.1) is 0 Å². The maximum absolute atomic E-state index is 11.9. The molecule has 1 atom stereocenters. The van der Waals surface area contributed by atoms with Crippen molar-refractivity contribution in [2.75, 3.05) is 18.1 Å². The fourth-order valence-corrected chi connectivity index (χ4v) is 3.78. The average molecular weight is 276 g/mol. The molecule has 1 amide bonds. The van der Waals surface area contributed by atoms with Gasteiger partial charge in [0.25, 0.3) is 0 Å². The van der Waals surface area contributed by atoms with Gasteiger partial charge in [-0.15, -0.1) is 0 Å². The molecule has 5 nitrogen and oxygen atoms in total. The SMILES string of the molecule is CCCC(C)(C)NC(=O)CC1CS(=O)(=O)CCN1. The Morgan fingerprint density at radius 3 is 2.67 bits per heavy atom. The van der Waals surface area contributed by atoms with Crippen LogP contribution >= 0.6 is 0 Å². The van der Waals surface area contributed by atoms with Crippen LogP contribution in [0.2, 0.25) is 0 Å². The second-order valence-corrected chi connectivity index (χ2v) is 7.88.